The van der Waals surface area contributed by atoms with Crippen LogP contribution in [0.5, 0.6) is 5.75 Å². The molecule has 0 spiro atoms. The number of methoxy groups -OCH3 is 1. The summed E-state index contributed by atoms with van der Waals surface area (Å²) in [6.07, 6.45) is 1.10. The van der Waals surface area contributed by atoms with E-state index in [-0.39, 0.29) is 18.3 Å². The van der Waals surface area contributed by atoms with E-state index in [0.717, 1.165) is 45.8 Å². The number of hydrogen-bond donors (Lipinski definition) is 2. The largest absolute Gasteiger partial charge is 0.497 e. The first kappa shape index (κ1) is 18.7. The molecule has 4 nitrogen and oxygen atoms in total. The summed E-state index contributed by atoms with van der Waals surface area (Å²) in [5.74, 6) is 0.824. The predicted octanol–water partition coefficient (Wildman–Crippen LogP) is 3.37. The zero-order valence-electron chi connectivity index (χ0n) is 13.2. The van der Waals surface area contributed by atoms with Crippen LogP contribution in [-0.2, 0) is 0 Å². The van der Waals surface area contributed by atoms with E-state index >= 15 is 0 Å². The van der Waals surface area contributed by atoms with Gasteiger partial charge in [-0.2, -0.15) is 0 Å². The Labute approximate surface area is 141 Å². The first-order valence-corrected chi connectivity index (χ1v) is 8.05. The van der Waals surface area contributed by atoms with E-state index in [1.54, 1.807) is 7.11 Å². The Hall–Kier alpha value is -1.30. The third-order valence-corrected chi connectivity index (χ3v) is 4.64. The number of rotatable bonds is 7. The molecule has 0 bridgehead atoms. The molecule has 1 aromatic carbocycles. The molecule has 0 radical (unpaired) electrons. The molecule has 1 heterocycles. The maximum absolute atomic E-state index is 12.3. The van der Waals surface area contributed by atoms with Crippen LogP contribution in [0.25, 0.3) is 10.1 Å². The lowest BCUT2D eigenvalue weighted by Crippen LogP contribution is -2.31. The van der Waals surface area contributed by atoms with Crippen molar-refractivity contribution < 1.29 is 9.53 Å². The molecule has 2 aromatic rings. The normalized spacial score (nSPS) is 10.3. The van der Waals surface area contributed by atoms with Crippen LogP contribution in [0.4, 0.5) is 0 Å². The second-order valence-electron chi connectivity index (χ2n) is 4.92. The number of halogens is 1. The van der Waals surface area contributed by atoms with Crippen molar-refractivity contribution in [2.45, 2.75) is 20.3 Å². The van der Waals surface area contributed by atoms with Crippen molar-refractivity contribution >= 4 is 39.7 Å². The highest BCUT2D eigenvalue weighted by atomic mass is 35.5. The molecule has 0 unspecified atom stereocenters. The van der Waals surface area contributed by atoms with Gasteiger partial charge in [-0.25, -0.2) is 0 Å². The van der Waals surface area contributed by atoms with Crippen LogP contribution in [0, 0.1) is 6.92 Å². The molecule has 0 saturated carbocycles. The third kappa shape index (κ3) is 4.35. The Morgan fingerprint density at radius 2 is 2.05 bits per heavy atom. The van der Waals surface area contributed by atoms with Gasteiger partial charge in [0.15, 0.2) is 0 Å². The average Bonchev–Trinajstić information content (AvgIpc) is 2.83. The fourth-order valence-electron chi connectivity index (χ4n) is 2.19. The number of amides is 1. The van der Waals surface area contributed by atoms with Crippen LogP contribution in [0.2, 0.25) is 0 Å². The van der Waals surface area contributed by atoms with Crippen LogP contribution >= 0.6 is 23.7 Å². The van der Waals surface area contributed by atoms with Gasteiger partial charge >= 0.3 is 0 Å². The molecule has 2 N–H and O–H groups in total. The van der Waals surface area contributed by atoms with Gasteiger partial charge in [0.2, 0.25) is 0 Å². The average molecular weight is 343 g/mol. The molecule has 1 amide bonds. The molecule has 22 heavy (non-hydrogen) atoms. The molecular formula is C16H23ClN2O2S. The number of nitrogens with one attached hydrogen (secondary N) is 2. The smallest absolute Gasteiger partial charge is 0.261 e. The highest BCUT2D eigenvalue weighted by Gasteiger charge is 2.15. The van der Waals surface area contributed by atoms with Gasteiger partial charge in [-0.3, -0.25) is 4.79 Å². The van der Waals surface area contributed by atoms with Crippen molar-refractivity contribution in [2.75, 3.05) is 26.7 Å². The van der Waals surface area contributed by atoms with Gasteiger partial charge in [-0.15, -0.1) is 23.7 Å². The Kier molecular flexibility index (Phi) is 7.65. The summed E-state index contributed by atoms with van der Waals surface area (Å²) in [6, 6.07) is 5.92. The highest BCUT2D eigenvalue weighted by Crippen LogP contribution is 2.33. The van der Waals surface area contributed by atoms with E-state index in [0.29, 0.717) is 6.54 Å². The minimum absolute atomic E-state index is 0. The summed E-state index contributed by atoms with van der Waals surface area (Å²) in [4.78, 5) is 13.0. The van der Waals surface area contributed by atoms with Crippen molar-refractivity contribution in [3.63, 3.8) is 0 Å². The monoisotopic (exact) mass is 342 g/mol. The molecule has 0 aliphatic carbocycles. The quantitative estimate of drug-likeness (QED) is 0.758. The molecule has 0 aliphatic heterocycles. The summed E-state index contributed by atoms with van der Waals surface area (Å²) in [7, 11) is 1.65. The molecule has 0 atom stereocenters. The molecule has 122 valence electrons. The SMILES string of the molecule is CCCNCCNC(=O)c1sc2ccc(OC)cc2c1C.Cl. The van der Waals surface area contributed by atoms with Gasteiger partial charge in [0.25, 0.3) is 5.91 Å². The van der Waals surface area contributed by atoms with Gasteiger partial charge in [0, 0.05) is 17.8 Å². The second kappa shape index (κ2) is 8.98. The number of fused-ring (bicyclic) bond motifs is 1. The zero-order chi connectivity index (χ0) is 15.2. The summed E-state index contributed by atoms with van der Waals surface area (Å²) in [5, 5.41) is 7.33. The number of benzene rings is 1. The van der Waals surface area contributed by atoms with Gasteiger partial charge in [-0.1, -0.05) is 6.92 Å². The minimum Gasteiger partial charge on any atom is -0.497 e. The molecular weight excluding hydrogens is 320 g/mol. The second-order valence-corrected chi connectivity index (χ2v) is 5.98. The summed E-state index contributed by atoms with van der Waals surface area (Å²) in [5.41, 5.74) is 1.02. The fourth-order valence-corrected chi connectivity index (χ4v) is 3.30. The Bertz CT molecular complexity index is 628. The molecule has 2 rings (SSSR count). The van der Waals surface area contributed by atoms with Crippen molar-refractivity contribution in [3.05, 3.63) is 28.6 Å². The number of hydrogen-bond acceptors (Lipinski definition) is 4. The standard InChI is InChI=1S/C16H22N2O2S.ClH/c1-4-7-17-8-9-18-16(19)15-11(2)13-10-12(20-3)5-6-14(13)21-15;/h5-6,10,17H,4,7-9H2,1-3H3,(H,18,19);1H. The molecule has 0 saturated heterocycles. The lowest BCUT2D eigenvalue weighted by molar-refractivity contribution is 0.0957. The van der Waals surface area contributed by atoms with E-state index in [2.05, 4.69) is 17.6 Å². The number of carbonyl (C=O) groups excluding carboxylic acids is 1. The molecule has 1 aromatic heterocycles. The Morgan fingerprint density at radius 1 is 1.27 bits per heavy atom. The molecule has 6 heteroatoms. The highest BCUT2D eigenvalue weighted by molar-refractivity contribution is 7.21. The van der Waals surface area contributed by atoms with Crippen molar-refractivity contribution in [2.24, 2.45) is 0 Å². The predicted molar refractivity (Wildman–Crippen MR) is 95.9 cm³/mol. The van der Waals surface area contributed by atoms with Gasteiger partial charge in [0.1, 0.15) is 5.75 Å². The van der Waals surface area contributed by atoms with Crippen LogP contribution in [0.3, 0.4) is 0 Å². The van der Waals surface area contributed by atoms with E-state index < -0.39 is 0 Å². The summed E-state index contributed by atoms with van der Waals surface area (Å²) < 4.78 is 6.36. The maximum Gasteiger partial charge on any atom is 0.261 e. The van der Waals surface area contributed by atoms with E-state index in [1.165, 1.54) is 11.3 Å². The van der Waals surface area contributed by atoms with Gasteiger partial charge in [0.05, 0.1) is 12.0 Å². The Balaban J connectivity index is 0.00000242. The van der Waals surface area contributed by atoms with Crippen LogP contribution in [0.1, 0.15) is 28.6 Å². The lowest BCUT2D eigenvalue weighted by atomic mass is 10.1. The first-order chi connectivity index (χ1) is 10.2. The summed E-state index contributed by atoms with van der Waals surface area (Å²) >= 11 is 1.53. The maximum atomic E-state index is 12.3. The van der Waals surface area contributed by atoms with E-state index in [1.807, 2.05) is 25.1 Å². The van der Waals surface area contributed by atoms with Crippen LogP contribution in [0.15, 0.2) is 18.2 Å². The molecule has 0 fully saturated rings. The van der Waals surface area contributed by atoms with Crippen molar-refractivity contribution in [1.82, 2.24) is 10.6 Å². The molecule has 0 aliphatic rings. The van der Waals surface area contributed by atoms with Gasteiger partial charge in [-0.05, 0) is 49.0 Å². The van der Waals surface area contributed by atoms with Crippen LogP contribution in [-0.4, -0.2) is 32.7 Å². The minimum atomic E-state index is 0. The fraction of sp³-hybridized carbons (Fsp3) is 0.438. The number of carbonyl (C=O) groups is 1. The number of aryl methyl sites for hydroxylation is 1. The van der Waals surface area contributed by atoms with E-state index in [4.69, 9.17) is 4.74 Å². The lowest BCUT2D eigenvalue weighted by Gasteiger charge is -2.05. The van der Waals surface area contributed by atoms with Gasteiger partial charge < -0.3 is 15.4 Å². The third-order valence-electron chi connectivity index (χ3n) is 3.36. The Morgan fingerprint density at radius 3 is 2.73 bits per heavy atom. The van der Waals surface area contributed by atoms with Crippen molar-refractivity contribution in [3.8, 4) is 5.75 Å². The van der Waals surface area contributed by atoms with E-state index in [9.17, 15) is 4.79 Å². The first-order valence-electron chi connectivity index (χ1n) is 7.23. The number of ether oxygens (including phenoxy) is 1. The zero-order valence-corrected chi connectivity index (χ0v) is 14.8. The van der Waals surface area contributed by atoms with Crippen LogP contribution < -0.4 is 15.4 Å². The summed E-state index contributed by atoms with van der Waals surface area (Å²) in [6.45, 7) is 6.55. The number of thiophene rings is 1. The van der Waals surface area contributed by atoms with Crippen molar-refractivity contribution in [1.29, 1.82) is 0 Å². The topological polar surface area (TPSA) is 50.4 Å².